The van der Waals surface area contributed by atoms with E-state index >= 15 is 0 Å². The van der Waals surface area contributed by atoms with Gasteiger partial charge in [-0.15, -0.1) is 0 Å². The van der Waals surface area contributed by atoms with Crippen LogP contribution in [0.4, 0.5) is 0 Å². The van der Waals surface area contributed by atoms with Crippen molar-refractivity contribution in [3.8, 4) is 0 Å². The van der Waals surface area contributed by atoms with E-state index in [4.69, 9.17) is 5.41 Å². The summed E-state index contributed by atoms with van der Waals surface area (Å²) in [6.45, 7) is 6.60. The third-order valence-corrected chi connectivity index (χ3v) is 3.33. The van der Waals surface area contributed by atoms with Crippen molar-refractivity contribution in [3.63, 3.8) is 0 Å². The van der Waals surface area contributed by atoms with E-state index in [1.54, 1.807) is 0 Å². The van der Waals surface area contributed by atoms with Crippen LogP contribution in [0, 0.1) is 23.2 Å². The molecule has 0 aromatic heterocycles. The molecule has 0 radical (unpaired) electrons. The molecule has 0 atom stereocenters. The Balaban J connectivity index is 2.34. The average Bonchev–Trinajstić information content (AvgIpc) is 2.04. The van der Waals surface area contributed by atoms with E-state index in [2.05, 4.69) is 13.8 Å². The Morgan fingerprint density at radius 3 is 2.00 bits per heavy atom. The van der Waals surface area contributed by atoms with Crippen molar-refractivity contribution < 1.29 is 0 Å². The summed E-state index contributed by atoms with van der Waals surface area (Å²) in [6, 6.07) is 0. The molecule has 1 fully saturated rings. The second-order valence-corrected chi connectivity index (χ2v) is 4.54. The highest BCUT2D eigenvalue weighted by Gasteiger charge is 2.23. The molecule has 0 unspecified atom stereocenters. The molecule has 12 heavy (non-hydrogen) atoms. The largest absolute Gasteiger partial charge is 0.310 e. The van der Waals surface area contributed by atoms with Crippen LogP contribution in [0.25, 0.3) is 0 Å². The van der Waals surface area contributed by atoms with Crippen molar-refractivity contribution in [3.05, 3.63) is 0 Å². The molecule has 1 saturated carbocycles. The topological polar surface area (TPSA) is 23.9 Å². The van der Waals surface area contributed by atoms with Crippen LogP contribution in [0.5, 0.6) is 0 Å². The molecular formula is C11H21N. The first kappa shape index (κ1) is 9.76. The Morgan fingerprint density at radius 2 is 1.67 bits per heavy atom. The first-order valence-electron chi connectivity index (χ1n) is 5.16. The van der Waals surface area contributed by atoms with Crippen molar-refractivity contribution in [1.82, 2.24) is 0 Å². The SMILES string of the molecule is CC(=N)C1CCC(C(C)C)CC1. The molecule has 1 nitrogen and oxygen atoms in total. The Bertz CT molecular complexity index is 152. The first-order valence-corrected chi connectivity index (χ1v) is 5.16. The van der Waals surface area contributed by atoms with Crippen LogP contribution in [0.2, 0.25) is 0 Å². The van der Waals surface area contributed by atoms with E-state index in [9.17, 15) is 0 Å². The van der Waals surface area contributed by atoms with Gasteiger partial charge in [-0.1, -0.05) is 13.8 Å². The van der Waals surface area contributed by atoms with Crippen LogP contribution in [-0.2, 0) is 0 Å². The lowest BCUT2D eigenvalue weighted by molar-refractivity contribution is 0.255. The minimum atomic E-state index is 0.611. The van der Waals surface area contributed by atoms with Crippen molar-refractivity contribution in [2.45, 2.75) is 46.5 Å². The second-order valence-electron chi connectivity index (χ2n) is 4.54. The molecule has 1 aliphatic rings. The Hall–Kier alpha value is -0.330. The molecule has 1 heteroatoms. The Kier molecular flexibility index (Phi) is 3.30. The molecule has 0 heterocycles. The van der Waals surface area contributed by atoms with E-state index in [0.717, 1.165) is 17.5 Å². The van der Waals surface area contributed by atoms with Gasteiger partial charge in [-0.25, -0.2) is 0 Å². The minimum Gasteiger partial charge on any atom is -0.310 e. The highest BCUT2D eigenvalue weighted by Crippen LogP contribution is 2.33. The van der Waals surface area contributed by atoms with E-state index in [0.29, 0.717) is 5.92 Å². The summed E-state index contributed by atoms with van der Waals surface area (Å²) in [5.41, 5.74) is 0.900. The Labute approximate surface area is 76.1 Å². The zero-order valence-electron chi connectivity index (χ0n) is 8.56. The summed E-state index contributed by atoms with van der Waals surface area (Å²) in [4.78, 5) is 0. The standard InChI is InChI=1S/C11H21N/c1-8(2)10-4-6-11(7-5-10)9(3)12/h8,10-12H,4-7H2,1-3H3. The lowest BCUT2D eigenvalue weighted by atomic mass is 9.76. The van der Waals surface area contributed by atoms with Crippen molar-refractivity contribution in [1.29, 1.82) is 5.41 Å². The van der Waals surface area contributed by atoms with Gasteiger partial charge in [-0.3, -0.25) is 0 Å². The quantitative estimate of drug-likeness (QED) is 0.609. The predicted octanol–water partition coefficient (Wildman–Crippen LogP) is 3.49. The lowest BCUT2D eigenvalue weighted by Gasteiger charge is -2.30. The maximum atomic E-state index is 7.56. The number of hydrogen-bond donors (Lipinski definition) is 1. The fraction of sp³-hybridized carbons (Fsp3) is 0.909. The normalized spacial score (nSPS) is 30.7. The fourth-order valence-electron chi connectivity index (χ4n) is 2.22. The summed E-state index contributed by atoms with van der Waals surface area (Å²) in [5.74, 6) is 2.39. The molecule has 0 saturated heterocycles. The molecule has 0 aromatic carbocycles. The monoisotopic (exact) mass is 167 g/mol. The highest BCUT2D eigenvalue weighted by molar-refractivity contribution is 5.81. The van der Waals surface area contributed by atoms with Crippen LogP contribution in [0.1, 0.15) is 46.5 Å². The van der Waals surface area contributed by atoms with E-state index in [1.807, 2.05) is 6.92 Å². The van der Waals surface area contributed by atoms with Crippen LogP contribution >= 0.6 is 0 Å². The number of rotatable bonds is 2. The predicted molar refractivity (Wildman–Crippen MR) is 53.7 cm³/mol. The van der Waals surface area contributed by atoms with Crippen LogP contribution in [0.3, 0.4) is 0 Å². The molecule has 70 valence electrons. The summed E-state index contributed by atoms with van der Waals surface area (Å²) in [7, 11) is 0. The van der Waals surface area contributed by atoms with Crippen LogP contribution in [0.15, 0.2) is 0 Å². The number of nitrogens with one attached hydrogen (secondary N) is 1. The van der Waals surface area contributed by atoms with Crippen LogP contribution in [-0.4, -0.2) is 5.71 Å². The summed E-state index contributed by atoms with van der Waals surface area (Å²) >= 11 is 0. The van der Waals surface area contributed by atoms with Gasteiger partial charge in [0.25, 0.3) is 0 Å². The second kappa shape index (κ2) is 4.06. The summed E-state index contributed by atoms with van der Waals surface area (Å²) < 4.78 is 0. The van der Waals surface area contributed by atoms with Gasteiger partial charge < -0.3 is 5.41 Å². The first-order chi connectivity index (χ1) is 5.61. The maximum absolute atomic E-state index is 7.56. The van der Waals surface area contributed by atoms with Crippen molar-refractivity contribution >= 4 is 5.71 Å². The van der Waals surface area contributed by atoms with E-state index in [-0.39, 0.29) is 0 Å². The van der Waals surface area contributed by atoms with E-state index < -0.39 is 0 Å². The van der Waals surface area contributed by atoms with Gasteiger partial charge in [0.2, 0.25) is 0 Å². The van der Waals surface area contributed by atoms with Gasteiger partial charge in [-0.05, 0) is 50.4 Å². The van der Waals surface area contributed by atoms with Gasteiger partial charge in [0, 0.05) is 5.71 Å². The van der Waals surface area contributed by atoms with Gasteiger partial charge >= 0.3 is 0 Å². The molecule has 0 spiro atoms. The van der Waals surface area contributed by atoms with Gasteiger partial charge in [0.15, 0.2) is 0 Å². The summed E-state index contributed by atoms with van der Waals surface area (Å²) in [5, 5.41) is 7.56. The molecule has 0 bridgehead atoms. The van der Waals surface area contributed by atoms with Gasteiger partial charge in [0.1, 0.15) is 0 Å². The molecule has 0 aromatic rings. The molecular weight excluding hydrogens is 146 g/mol. The van der Waals surface area contributed by atoms with Gasteiger partial charge in [0.05, 0.1) is 0 Å². The minimum absolute atomic E-state index is 0.611. The molecule has 1 N–H and O–H groups in total. The maximum Gasteiger partial charge on any atom is 0.00891 e. The van der Waals surface area contributed by atoms with E-state index in [1.165, 1.54) is 25.7 Å². The van der Waals surface area contributed by atoms with Gasteiger partial charge in [-0.2, -0.15) is 0 Å². The zero-order valence-corrected chi connectivity index (χ0v) is 8.56. The average molecular weight is 167 g/mol. The molecule has 0 amide bonds. The smallest absolute Gasteiger partial charge is 0.00891 e. The molecule has 1 rings (SSSR count). The zero-order chi connectivity index (χ0) is 9.14. The third-order valence-electron chi connectivity index (χ3n) is 3.33. The van der Waals surface area contributed by atoms with Crippen LogP contribution < -0.4 is 0 Å². The fourth-order valence-corrected chi connectivity index (χ4v) is 2.22. The highest BCUT2D eigenvalue weighted by atomic mass is 14.4. The third kappa shape index (κ3) is 2.33. The van der Waals surface area contributed by atoms with Crippen molar-refractivity contribution in [2.24, 2.45) is 17.8 Å². The molecule has 0 aliphatic heterocycles. The lowest BCUT2D eigenvalue weighted by Crippen LogP contribution is -2.22. The summed E-state index contributed by atoms with van der Waals surface area (Å²) in [6.07, 6.45) is 5.22. The Morgan fingerprint density at radius 1 is 1.17 bits per heavy atom. The van der Waals surface area contributed by atoms with Crippen molar-refractivity contribution in [2.75, 3.05) is 0 Å². The molecule has 1 aliphatic carbocycles. The number of hydrogen-bond acceptors (Lipinski definition) is 1.